The van der Waals surface area contributed by atoms with Gasteiger partial charge in [-0.1, -0.05) is 0 Å². The molecule has 1 aliphatic carbocycles. The van der Waals surface area contributed by atoms with Crippen molar-refractivity contribution in [1.82, 2.24) is 5.32 Å². The maximum atomic E-state index is 10.8. The van der Waals surface area contributed by atoms with Crippen LogP contribution in [0.1, 0.15) is 12.8 Å². The zero-order valence-electron chi connectivity index (χ0n) is 6.33. The van der Waals surface area contributed by atoms with E-state index in [1.54, 1.807) is 7.05 Å². The zero-order chi connectivity index (χ0) is 8.06. The second-order valence-corrected chi connectivity index (χ2v) is 3.26. The van der Waals surface area contributed by atoms with E-state index in [0.29, 0.717) is 12.8 Å². The van der Waals surface area contributed by atoms with Gasteiger partial charge >= 0.3 is 5.97 Å². The molecule has 1 heterocycles. The van der Waals surface area contributed by atoms with Gasteiger partial charge in [0.2, 0.25) is 0 Å². The van der Waals surface area contributed by atoms with E-state index in [0.717, 1.165) is 0 Å². The topological polar surface area (TPSA) is 61.9 Å². The number of carboxylic acid groups (broad SMARTS) is 1. The van der Waals surface area contributed by atoms with E-state index in [9.17, 15) is 4.79 Å². The van der Waals surface area contributed by atoms with Crippen molar-refractivity contribution in [3.8, 4) is 0 Å². The van der Waals surface area contributed by atoms with Crippen molar-refractivity contribution in [2.24, 2.45) is 0 Å². The Kier molecular flexibility index (Phi) is 1.25. The van der Waals surface area contributed by atoms with Crippen molar-refractivity contribution in [2.75, 3.05) is 7.05 Å². The number of aliphatic carboxylic acids is 1. The minimum absolute atomic E-state index is 0.207. The molecule has 2 aliphatic rings. The van der Waals surface area contributed by atoms with Crippen LogP contribution in [0.25, 0.3) is 0 Å². The van der Waals surface area contributed by atoms with Crippen LogP contribution in [-0.2, 0) is 9.53 Å². The molecule has 2 fully saturated rings. The molecule has 2 rings (SSSR count). The van der Waals surface area contributed by atoms with E-state index >= 15 is 0 Å². The van der Waals surface area contributed by atoms with Crippen LogP contribution < -0.4 is 5.32 Å². The summed E-state index contributed by atoms with van der Waals surface area (Å²) in [6.45, 7) is 0. The van der Waals surface area contributed by atoms with E-state index in [1.807, 2.05) is 0 Å². The van der Waals surface area contributed by atoms with Gasteiger partial charge in [-0.25, -0.2) is 0 Å². The first-order valence-corrected chi connectivity index (χ1v) is 3.76. The summed E-state index contributed by atoms with van der Waals surface area (Å²) in [5.41, 5.74) is -0.701. The van der Waals surface area contributed by atoms with Crippen LogP contribution in [-0.4, -0.2) is 35.9 Å². The van der Waals surface area contributed by atoms with Crippen molar-refractivity contribution in [2.45, 2.75) is 30.6 Å². The predicted octanol–water partition coefficient (Wildman–Crippen LogP) is -0.410. The van der Waals surface area contributed by atoms with Gasteiger partial charge in [-0.2, -0.15) is 0 Å². The fraction of sp³-hybridized carbons (Fsp3) is 0.857. The molecule has 2 atom stereocenters. The number of carboxylic acids is 1. The minimum atomic E-state index is -0.754. The molecule has 1 saturated carbocycles. The quantitative estimate of drug-likeness (QED) is 0.535. The summed E-state index contributed by atoms with van der Waals surface area (Å²) in [7, 11) is 1.69. The summed E-state index contributed by atoms with van der Waals surface area (Å²) < 4.78 is 5.16. The molecule has 0 aromatic carbocycles. The Labute approximate surface area is 64.5 Å². The lowest BCUT2D eigenvalue weighted by molar-refractivity contribution is -0.145. The number of hydrogen-bond acceptors (Lipinski definition) is 3. The Bertz CT molecular complexity index is 194. The molecule has 2 unspecified atom stereocenters. The smallest absolute Gasteiger partial charge is 0.324 e. The number of ether oxygens (including phenoxy) is 1. The number of epoxide rings is 1. The van der Waals surface area contributed by atoms with Crippen LogP contribution in [0.15, 0.2) is 0 Å². The van der Waals surface area contributed by atoms with Gasteiger partial charge in [0.15, 0.2) is 0 Å². The molecular weight excluding hydrogens is 146 g/mol. The zero-order valence-corrected chi connectivity index (χ0v) is 6.33. The molecule has 0 bridgehead atoms. The molecule has 4 nitrogen and oxygen atoms in total. The molecule has 0 radical (unpaired) electrons. The predicted molar refractivity (Wildman–Crippen MR) is 37.3 cm³/mol. The summed E-state index contributed by atoms with van der Waals surface area (Å²) >= 11 is 0. The molecule has 11 heavy (non-hydrogen) atoms. The highest BCUT2D eigenvalue weighted by Gasteiger charge is 2.58. The summed E-state index contributed by atoms with van der Waals surface area (Å²) in [4.78, 5) is 10.8. The first-order chi connectivity index (χ1) is 5.18. The summed E-state index contributed by atoms with van der Waals surface area (Å²) in [5, 5.41) is 11.7. The molecule has 0 aromatic heterocycles. The maximum Gasteiger partial charge on any atom is 0.324 e. The Balaban J connectivity index is 2.13. The van der Waals surface area contributed by atoms with E-state index < -0.39 is 11.5 Å². The number of carbonyl (C=O) groups is 1. The van der Waals surface area contributed by atoms with Crippen LogP contribution in [0.4, 0.5) is 0 Å². The van der Waals surface area contributed by atoms with Gasteiger partial charge in [-0.05, 0) is 7.05 Å². The van der Waals surface area contributed by atoms with E-state index in [2.05, 4.69) is 5.32 Å². The molecule has 0 aromatic rings. The number of likely N-dealkylation sites (N-methyl/N-ethyl adjacent to an activating group) is 1. The van der Waals surface area contributed by atoms with Crippen LogP contribution in [0.5, 0.6) is 0 Å². The number of nitrogens with one attached hydrogen (secondary N) is 1. The van der Waals surface area contributed by atoms with Crippen LogP contribution in [0.3, 0.4) is 0 Å². The molecule has 0 amide bonds. The number of rotatable bonds is 2. The Morgan fingerprint density at radius 2 is 2.18 bits per heavy atom. The van der Waals surface area contributed by atoms with Crippen molar-refractivity contribution >= 4 is 5.97 Å². The fourth-order valence-electron chi connectivity index (χ4n) is 1.79. The second-order valence-electron chi connectivity index (χ2n) is 3.26. The molecule has 2 N–H and O–H groups in total. The summed E-state index contributed by atoms with van der Waals surface area (Å²) in [5.74, 6) is -0.754. The lowest BCUT2D eigenvalue weighted by atomic mass is 9.97. The van der Waals surface area contributed by atoms with E-state index in [4.69, 9.17) is 9.84 Å². The highest BCUT2D eigenvalue weighted by atomic mass is 16.6. The Morgan fingerprint density at radius 3 is 2.45 bits per heavy atom. The lowest BCUT2D eigenvalue weighted by Gasteiger charge is -2.24. The van der Waals surface area contributed by atoms with Crippen molar-refractivity contribution < 1.29 is 14.6 Å². The SMILES string of the molecule is CNC1(C(=O)O)CC2OC2C1. The molecule has 4 heteroatoms. The standard InChI is InChI=1S/C7H11NO3/c1-8-7(6(9)10)2-4-5(3-7)11-4/h4-5,8H,2-3H2,1H3,(H,9,10). The fourth-order valence-corrected chi connectivity index (χ4v) is 1.79. The first-order valence-electron chi connectivity index (χ1n) is 3.76. The van der Waals surface area contributed by atoms with Gasteiger partial charge < -0.3 is 15.2 Å². The third kappa shape index (κ3) is 0.862. The Hall–Kier alpha value is -0.610. The third-order valence-corrected chi connectivity index (χ3v) is 2.67. The molecule has 1 aliphatic heterocycles. The first kappa shape index (κ1) is 7.06. The van der Waals surface area contributed by atoms with Gasteiger partial charge in [0.05, 0.1) is 12.2 Å². The average molecular weight is 157 g/mol. The molecule has 0 spiro atoms. The van der Waals surface area contributed by atoms with Gasteiger partial charge in [0.25, 0.3) is 0 Å². The average Bonchev–Trinajstić information content (AvgIpc) is 2.59. The summed E-state index contributed by atoms with van der Waals surface area (Å²) in [6.07, 6.45) is 1.64. The van der Waals surface area contributed by atoms with Crippen LogP contribution >= 0.6 is 0 Å². The molecule has 62 valence electrons. The largest absolute Gasteiger partial charge is 0.480 e. The minimum Gasteiger partial charge on any atom is -0.480 e. The highest BCUT2D eigenvalue weighted by Crippen LogP contribution is 2.44. The third-order valence-electron chi connectivity index (χ3n) is 2.67. The summed E-state index contributed by atoms with van der Waals surface area (Å²) in [6, 6.07) is 0. The van der Waals surface area contributed by atoms with Crippen molar-refractivity contribution in [1.29, 1.82) is 0 Å². The number of hydrogen-bond donors (Lipinski definition) is 2. The second kappa shape index (κ2) is 1.95. The lowest BCUT2D eigenvalue weighted by Crippen LogP contribution is -2.49. The monoisotopic (exact) mass is 157 g/mol. The van der Waals surface area contributed by atoms with Gasteiger partial charge in [-0.3, -0.25) is 4.79 Å². The van der Waals surface area contributed by atoms with Crippen molar-refractivity contribution in [3.63, 3.8) is 0 Å². The number of fused-ring (bicyclic) bond motifs is 1. The van der Waals surface area contributed by atoms with Gasteiger partial charge in [0, 0.05) is 12.8 Å². The van der Waals surface area contributed by atoms with E-state index in [1.165, 1.54) is 0 Å². The van der Waals surface area contributed by atoms with Crippen LogP contribution in [0, 0.1) is 0 Å². The van der Waals surface area contributed by atoms with E-state index in [-0.39, 0.29) is 12.2 Å². The molecular formula is C7H11NO3. The highest BCUT2D eigenvalue weighted by molar-refractivity contribution is 5.79. The van der Waals surface area contributed by atoms with Gasteiger partial charge in [-0.15, -0.1) is 0 Å². The normalized spacial score (nSPS) is 47.0. The maximum absolute atomic E-state index is 10.8. The van der Waals surface area contributed by atoms with Crippen molar-refractivity contribution in [3.05, 3.63) is 0 Å². The molecule has 1 saturated heterocycles. The van der Waals surface area contributed by atoms with Gasteiger partial charge in [0.1, 0.15) is 5.54 Å². The Morgan fingerprint density at radius 1 is 1.64 bits per heavy atom. The van der Waals surface area contributed by atoms with Crippen LogP contribution in [0.2, 0.25) is 0 Å².